The molecule has 2 aliphatic heterocycles. The quantitative estimate of drug-likeness (QED) is 0.848. The van der Waals surface area contributed by atoms with Gasteiger partial charge in [0.2, 0.25) is 10.0 Å². The second-order valence-electron chi connectivity index (χ2n) is 6.90. The molecule has 1 aromatic heterocycles. The summed E-state index contributed by atoms with van der Waals surface area (Å²) in [6, 6.07) is 6.99. The molecule has 1 fully saturated rings. The van der Waals surface area contributed by atoms with Crippen molar-refractivity contribution in [3.05, 3.63) is 45.9 Å². The molecule has 1 N–H and O–H groups in total. The lowest BCUT2D eigenvalue weighted by atomic mass is 9.89. The average molecular weight is 407 g/mol. The Morgan fingerprint density at radius 2 is 2.15 bits per heavy atom. The van der Waals surface area contributed by atoms with Crippen LogP contribution in [0.5, 0.6) is 0 Å². The number of aromatic nitrogens is 1. The zero-order valence-corrected chi connectivity index (χ0v) is 16.9. The number of fused-ring (bicyclic) bond motifs is 2. The maximum absolute atomic E-state index is 13.3. The number of hydrogen-bond donors (Lipinski definition) is 1. The van der Waals surface area contributed by atoms with E-state index in [0.29, 0.717) is 31.0 Å². The van der Waals surface area contributed by atoms with Crippen LogP contribution < -0.4 is 5.32 Å². The minimum absolute atomic E-state index is 0.152. The van der Waals surface area contributed by atoms with Crippen molar-refractivity contribution >= 4 is 27.4 Å². The topological polar surface area (TPSA) is 82.6 Å². The Balaban J connectivity index is 1.78. The van der Waals surface area contributed by atoms with Crippen molar-refractivity contribution < 1.29 is 13.2 Å². The van der Waals surface area contributed by atoms with Crippen LogP contribution in [0.3, 0.4) is 0 Å². The van der Waals surface area contributed by atoms with E-state index in [2.05, 4.69) is 10.3 Å². The molecule has 1 atom stereocenters. The molecule has 0 bridgehead atoms. The Bertz CT molecular complexity index is 988. The predicted molar refractivity (Wildman–Crippen MR) is 103 cm³/mol. The zero-order valence-electron chi connectivity index (χ0n) is 15.3. The minimum atomic E-state index is -3.65. The fraction of sp³-hybridized carbons (Fsp3) is 0.444. The van der Waals surface area contributed by atoms with Gasteiger partial charge in [0.25, 0.3) is 0 Å². The Hall–Kier alpha value is -1.97. The summed E-state index contributed by atoms with van der Waals surface area (Å²) in [5, 5.41) is 5.62. The molecule has 1 saturated heterocycles. The smallest absolute Gasteiger partial charge is 0.317 e. The highest BCUT2D eigenvalue weighted by molar-refractivity contribution is 7.89. The number of likely N-dealkylation sites (tertiary alicyclic amines) is 1. The number of amides is 2. The van der Waals surface area contributed by atoms with E-state index < -0.39 is 15.6 Å². The van der Waals surface area contributed by atoms with Gasteiger partial charge in [0, 0.05) is 25.0 Å². The highest BCUT2D eigenvalue weighted by atomic mass is 32.2. The molecule has 7 nitrogen and oxygen atoms in total. The van der Waals surface area contributed by atoms with E-state index in [1.165, 1.54) is 11.3 Å². The van der Waals surface area contributed by atoms with Gasteiger partial charge >= 0.3 is 6.03 Å². The first-order chi connectivity index (χ1) is 12.9. The van der Waals surface area contributed by atoms with Gasteiger partial charge < -0.3 is 10.2 Å². The third-order valence-electron chi connectivity index (χ3n) is 5.27. The summed E-state index contributed by atoms with van der Waals surface area (Å²) in [5.74, 6) is 0. The number of sulfonamides is 1. The minimum Gasteiger partial charge on any atom is -0.338 e. The van der Waals surface area contributed by atoms with Crippen LogP contribution in [0.1, 0.15) is 29.6 Å². The van der Waals surface area contributed by atoms with Crippen LogP contribution in [0.2, 0.25) is 0 Å². The molecule has 1 aromatic carbocycles. The standard InChI is InChI=1S/C18H22N4O3S2/c1-3-19-17(23)21-9-8-18(12-21)15-6-4-5-7-16(15)27(24,25)22(18)10-14-11-26-13(2)20-14/h4-7,11H,3,8-10,12H2,1-2H3,(H,19,23). The first-order valence-corrected chi connectivity index (χ1v) is 11.3. The first kappa shape index (κ1) is 18.4. The molecule has 3 heterocycles. The number of carbonyl (C=O) groups is 1. The van der Waals surface area contributed by atoms with Crippen molar-refractivity contribution in [1.82, 2.24) is 19.5 Å². The highest BCUT2D eigenvalue weighted by Gasteiger charge is 2.57. The Kier molecular flexibility index (Phi) is 4.48. The van der Waals surface area contributed by atoms with Crippen LogP contribution in [-0.4, -0.2) is 48.3 Å². The first-order valence-electron chi connectivity index (χ1n) is 8.94. The van der Waals surface area contributed by atoms with E-state index >= 15 is 0 Å². The van der Waals surface area contributed by atoms with Gasteiger partial charge in [-0.15, -0.1) is 11.3 Å². The highest BCUT2D eigenvalue weighted by Crippen LogP contribution is 2.50. The van der Waals surface area contributed by atoms with Crippen LogP contribution in [0.15, 0.2) is 34.5 Å². The third kappa shape index (κ3) is 2.84. The number of hydrogen-bond acceptors (Lipinski definition) is 5. The Morgan fingerprint density at radius 1 is 1.37 bits per heavy atom. The number of benzene rings is 1. The van der Waals surface area contributed by atoms with Gasteiger partial charge in [-0.3, -0.25) is 0 Å². The fourth-order valence-corrected chi connectivity index (χ4v) is 6.71. The molecule has 0 saturated carbocycles. The van der Waals surface area contributed by atoms with Crippen molar-refractivity contribution in [2.45, 2.75) is 37.2 Å². The van der Waals surface area contributed by atoms with Crippen LogP contribution >= 0.6 is 11.3 Å². The number of urea groups is 1. The van der Waals surface area contributed by atoms with Crippen molar-refractivity contribution in [2.75, 3.05) is 19.6 Å². The van der Waals surface area contributed by atoms with Gasteiger partial charge in [-0.2, -0.15) is 4.31 Å². The van der Waals surface area contributed by atoms with Gasteiger partial charge in [-0.05, 0) is 31.9 Å². The van der Waals surface area contributed by atoms with Crippen molar-refractivity contribution in [1.29, 1.82) is 0 Å². The summed E-state index contributed by atoms with van der Waals surface area (Å²) in [6.45, 7) is 5.39. The van der Waals surface area contributed by atoms with E-state index in [9.17, 15) is 13.2 Å². The SMILES string of the molecule is CCNC(=O)N1CCC2(C1)c1ccccc1S(=O)(=O)N2Cc1csc(C)n1. The van der Waals surface area contributed by atoms with Gasteiger partial charge in [0.05, 0.1) is 27.7 Å². The summed E-state index contributed by atoms with van der Waals surface area (Å²) in [6.07, 6.45) is 0.573. The number of rotatable bonds is 3. The van der Waals surface area contributed by atoms with E-state index in [-0.39, 0.29) is 12.6 Å². The van der Waals surface area contributed by atoms with Crippen molar-refractivity contribution in [2.24, 2.45) is 0 Å². The van der Waals surface area contributed by atoms with E-state index in [4.69, 9.17) is 0 Å². The lowest BCUT2D eigenvalue weighted by Gasteiger charge is -2.33. The molecule has 4 rings (SSSR count). The van der Waals surface area contributed by atoms with Gasteiger partial charge in [0.1, 0.15) is 0 Å². The maximum Gasteiger partial charge on any atom is 0.317 e. The summed E-state index contributed by atoms with van der Waals surface area (Å²) in [7, 11) is -3.65. The van der Waals surface area contributed by atoms with Crippen molar-refractivity contribution in [3.63, 3.8) is 0 Å². The molecule has 1 spiro atoms. The van der Waals surface area contributed by atoms with E-state index in [1.54, 1.807) is 21.3 Å². The molecule has 0 aliphatic carbocycles. The number of carbonyl (C=O) groups excluding carboxylic acids is 1. The molecule has 27 heavy (non-hydrogen) atoms. The van der Waals surface area contributed by atoms with Gasteiger partial charge in [-0.1, -0.05) is 18.2 Å². The monoisotopic (exact) mass is 406 g/mol. The number of nitrogens with one attached hydrogen (secondary N) is 1. The Labute approximate surface area is 163 Å². The summed E-state index contributed by atoms with van der Waals surface area (Å²) < 4.78 is 28.2. The second kappa shape index (κ2) is 6.57. The van der Waals surface area contributed by atoms with Crippen LogP contribution in [0, 0.1) is 6.92 Å². The summed E-state index contributed by atoms with van der Waals surface area (Å²) >= 11 is 1.51. The summed E-state index contributed by atoms with van der Waals surface area (Å²) in [5.41, 5.74) is 0.784. The zero-order chi connectivity index (χ0) is 19.2. The van der Waals surface area contributed by atoms with Gasteiger partial charge in [-0.25, -0.2) is 18.2 Å². The number of thiazole rings is 1. The molecule has 0 radical (unpaired) electrons. The normalized spacial score (nSPS) is 23.7. The van der Waals surface area contributed by atoms with Crippen LogP contribution in [-0.2, 0) is 22.1 Å². The molecule has 1 unspecified atom stereocenters. The number of nitrogens with zero attached hydrogens (tertiary/aromatic N) is 3. The molecule has 2 aromatic rings. The van der Waals surface area contributed by atoms with Crippen molar-refractivity contribution in [3.8, 4) is 0 Å². The molecule has 9 heteroatoms. The third-order valence-corrected chi connectivity index (χ3v) is 8.06. The molecule has 144 valence electrons. The van der Waals surface area contributed by atoms with E-state index in [0.717, 1.165) is 16.3 Å². The molecule has 2 amide bonds. The average Bonchev–Trinajstić information content (AvgIpc) is 3.30. The van der Waals surface area contributed by atoms with Crippen LogP contribution in [0.25, 0.3) is 0 Å². The largest absolute Gasteiger partial charge is 0.338 e. The predicted octanol–water partition coefficient (Wildman–Crippen LogP) is 2.29. The lowest BCUT2D eigenvalue weighted by Crippen LogP contribution is -2.47. The lowest BCUT2D eigenvalue weighted by molar-refractivity contribution is 0.178. The number of aryl methyl sites for hydroxylation is 1. The maximum atomic E-state index is 13.3. The van der Waals surface area contributed by atoms with Gasteiger partial charge in [0.15, 0.2) is 0 Å². The Morgan fingerprint density at radius 3 is 2.85 bits per heavy atom. The molecular weight excluding hydrogens is 384 g/mol. The summed E-state index contributed by atoms with van der Waals surface area (Å²) in [4.78, 5) is 18.9. The molecule has 2 aliphatic rings. The molecular formula is C18H22N4O3S2. The second-order valence-corrected chi connectivity index (χ2v) is 9.80. The fourth-order valence-electron chi connectivity index (χ4n) is 4.08. The van der Waals surface area contributed by atoms with E-state index in [1.807, 2.05) is 31.4 Å². The van der Waals surface area contributed by atoms with Crippen LogP contribution in [0.4, 0.5) is 4.79 Å².